The molecule has 0 unspecified atom stereocenters. The molecule has 150 valence electrons. The number of rotatable bonds is 3. The second-order valence-electron chi connectivity index (χ2n) is 7.89. The lowest BCUT2D eigenvalue weighted by atomic mass is 9.75. The van der Waals surface area contributed by atoms with Gasteiger partial charge < -0.3 is 15.2 Å². The summed E-state index contributed by atoms with van der Waals surface area (Å²) < 4.78 is 4.81. The second kappa shape index (κ2) is 7.02. The number of carboxylic acid groups (broad SMARTS) is 1. The third-order valence-corrected chi connectivity index (χ3v) is 6.34. The normalized spacial score (nSPS) is 21.0. The van der Waals surface area contributed by atoms with Crippen molar-refractivity contribution in [2.24, 2.45) is 5.92 Å². The van der Waals surface area contributed by atoms with Crippen LogP contribution in [0.4, 0.5) is 5.69 Å². The lowest BCUT2D eigenvalue weighted by molar-refractivity contribution is 0.0599. The summed E-state index contributed by atoms with van der Waals surface area (Å²) in [5.41, 5.74) is 6.49. The molecule has 1 aliphatic carbocycles. The minimum atomic E-state index is -0.916. The van der Waals surface area contributed by atoms with E-state index in [1.54, 1.807) is 24.3 Å². The van der Waals surface area contributed by atoms with Crippen LogP contribution < -0.4 is 5.32 Å². The van der Waals surface area contributed by atoms with Gasteiger partial charge in [-0.1, -0.05) is 36.4 Å². The summed E-state index contributed by atoms with van der Waals surface area (Å²) in [6.07, 6.45) is 0.911. The van der Waals surface area contributed by atoms with E-state index in [2.05, 4.69) is 23.5 Å². The first-order valence-electron chi connectivity index (χ1n) is 9.96. The van der Waals surface area contributed by atoms with Gasteiger partial charge in [-0.05, 0) is 64.9 Å². The van der Waals surface area contributed by atoms with Gasteiger partial charge in [-0.3, -0.25) is 0 Å². The van der Waals surface area contributed by atoms with Crippen molar-refractivity contribution < 1.29 is 19.4 Å². The van der Waals surface area contributed by atoms with Crippen molar-refractivity contribution >= 4 is 17.6 Å². The molecule has 0 saturated carbocycles. The maximum absolute atomic E-state index is 11.8. The Balaban J connectivity index is 1.61. The summed E-state index contributed by atoms with van der Waals surface area (Å²) in [5.74, 6) is -0.887. The zero-order valence-corrected chi connectivity index (χ0v) is 16.5. The van der Waals surface area contributed by atoms with Gasteiger partial charge in [0.25, 0.3) is 0 Å². The lowest BCUT2D eigenvalue weighted by Gasteiger charge is -2.38. The molecule has 3 aromatic carbocycles. The van der Waals surface area contributed by atoms with E-state index in [-0.39, 0.29) is 23.8 Å². The molecule has 5 heteroatoms. The van der Waals surface area contributed by atoms with E-state index in [0.29, 0.717) is 11.1 Å². The monoisotopic (exact) mass is 399 g/mol. The largest absolute Gasteiger partial charge is 0.478 e. The summed E-state index contributed by atoms with van der Waals surface area (Å²) in [5, 5.41) is 13.1. The Bertz CT molecular complexity index is 1150. The molecule has 0 saturated heterocycles. The first-order chi connectivity index (χ1) is 14.6. The zero-order chi connectivity index (χ0) is 20.8. The van der Waals surface area contributed by atoms with E-state index in [0.717, 1.165) is 23.2 Å². The van der Waals surface area contributed by atoms with Gasteiger partial charge in [-0.15, -0.1) is 0 Å². The molecule has 3 aromatic rings. The Morgan fingerprint density at radius 2 is 1.70 bits per heavy atom. The van der Waals surface area contributed by atoms with Crippen molar-refractivity contribution in [3.05, 3.63) is 100 Å². The van der Waals surface area contributed by atoms with Crippen molar-refractivity contribution in [3.8, 4) is 0 Å². The predicted molar refractivity (Wildman–Crippen MR) is 113 cm³/mol. The molecule has 1 aliphatic heterocycles. The van der Waals surface area contributed by atoms with E-state index in [9.17, 15) is 14.7 Å². The van der Waals surface area contributed by atoms with Crippen molar-refractivity contribution in [1.29, 1.82) is 0 Å². The Morgan fingerprint density at radius 3 is 2.43 bits per heavy atom. The van der Waals surface area contributed by atoms with Gasteiger partial charge in [0.05, 0.1) is 24.3 Å². The van der Waals surface area contributed by atoms with Crippen molar-refractivity contribution in [3.63, 3.8) is 0 Å². The number of ether oxygens (including phenoxy) is 1. The van der Waals surface area contributed by atoms with Gasteiger partial charge in [-0.2, -0.15) is 0 Å². The van der Waals surface area contributed by atoms with Gasteiger partial charge in [0.1, 0.15) is 0 Å². The minimum Gasteiger partial charge on any atom is -0.478 e. The topological polar surface area (TPSA) is 75.6 Å². The molecule has 0 fully saturated rings. The molecular formula is C25H21NO4. The molecule has 0 amide bonds. The number of benzene rings is 3. The van der Waals surface area contributed by atoms with Crippen molar-refractivity contribution in [2.45, 2.75) is 18.4 Å². The van der Waals surface area contributed by atoms with Crippen molar-refractivity contribution in [2.75, 3.05) is 12.4 Å². The summed E-state index contributed by atoms with van der Waals surface area (Å²) in [7, 11) is 1.38. The quantitative estimate of drug-likeness (QED) is 0.628. The average Bonchev–Trinajstić information content (AvgIpc) is 3.17. The summed E-state index contributed by atoms with van der Waals surface area (Å²) in [4.78, 5) is 23.4. The molecule has 30 heavy (non-hydrogen) atoms. The molecule has 1 heterocycles. The molecule has 0 radical (unpaired) electrons. The fourth-order valence-corrected chi connectivity index (χ4v) is 4.97. The highest BCUT2D eigenvalue weighted by Crippen LogP contribution is 2.53. The fourth-order valence-electron chi connectivity index (χ4n) is 4.97. The van der Waals surface area contributed by atoms with Crippen LogP contribution >= 0.6 is 0 Å². The van der Waals surface area contributed by atoms with Crippen molar-refractivity contribution in [1.82, 2.24) is 0 Å². The molecule has 5 rings (SSSR count). The van der Waals surface area contributed by atoms with Crippen LogP contribution in [-0.2, 0) is 11.2 Å². The van der Waals surface area contributed by atoms with E-state index >= 15 is 0 Å². The molecule has 2 N–H and O–H groups in total. The maximum Gasteiger partial charge on any atom is 0.337 e. The number of aromatic carboxylic acids is 1. The van der Waals surface area contributed by atoms with Crippen LogP contribution in [0.5, 0.6) is 0 Å². The average molecular weight is 399 g/mol. The van der Waals surface area contributed by atoms with Crippen LogP contribution in [0.2, 0.25) is 0 Å². The number of carbonyl (C=O) groups excluding carboxylic acids is 1. The maximum atomic E-state index is 11.8. The number of carbonyl (C=O) groups is 2. The van der Waals surface area contributed by atoms with E-state index < -0.39 is 5.97 Å². The molecule has 5 nitrogen and oxygen atoms in total. The Kier molecular flexibility index (Phi) is 4.31. The lowest BCUT2D eigenvalue weighted by Crippen LogP contribution is -2.30. The number of esters is 1. The van der Waals surface area contributed by atoms with E-state index in [4.69, 9.17) is 4.74 Å². The number of hydrogen-bond donors (Lipinski definition) is 2. The second-order valence-corrected chi connectivity index (χ2v) is 7.89. The van der Waals surface area contributed by atoms with Crippen LogP contribution in [0.25, 0.3) is 0 Å². The molecule has 0 bridgehead atoms. The van der Waals surface area contributed by atoms with Gasteiger partial charge in [0.15, 0.2) is 0 Å². The van der Waals surface area contributed by atoms with Gasteiger partial charge in [-0.25, -0.2) is 9.59 Å². The Hall–Kier alpha value is -3.60. The molecule has 3 atom stereocenters. The first-order valence-corrected chi connectivity index (χ1v) is 9.96. The number of nitrogens with one attached hydrogen (secondary N) is 1. The van der Waals surface area contributed by atoms with Crippen LogP contribution in [0.1, 0.15) is 54.9 Å². The standard InChI is InChI=1S/C25H21NO4/c1-30-25(29)15-8-6-14(7-9-15)23-20-12-16-4-2-3-5-18(16)22(20)19-13-17(24(27)28)10-11-21(19)26-23/h2-11,13,20,22-23,26H,12H2,1H3,(H,27,28)/t20-,22+,23+/m1/s1. The first kappa shape index (κ1) is 18.4. The minimum absolute atomic E-state index is 0.0530. The Morgan fingerprint density at radius 1 is 0.967 bits per heavy atom. The number of carboxylic acids is 1. The molecule has 2 aliphatic rings. The van der Waals surface area contributed by atoms with Crippen LogP contribution in [-0.4, -0.2) is 24.2 Å². The third kappa shape index (κ3) is 2.86. The zero-order valence-electron chi connectivity index (χ0n) is 16.5. The highest BCUT2D eigenvalue weighted by Gasteiger charge is 2.43. The number of fused-ring (bicyclic) bond motifs is 5. The number of methoxy groups -OCH3 is 1. The van der Waals surface area contributed by atoms with Crippen LogP contribution in [0, 0.1) is 5.92 Å². The third-order valence-electron chi connectivity index (χ3n) is 6.34. The van der Waals surface area contributed by atoms with Crippen LogP contribution in [0.3, 0.4) is 0 Å². The highest BCUT2D eigenvalue weighted by atomic mass is 16.5. The smallest absolute Gasteiger partial charge is 0.337 e. The van der Waals surface area contributed by atoms with E-state index in [1.807, 2.05) is 24.3 Å². The SMILES string of the molecule is COC(=O)c1ccc([C@@H]2Nc3ccc(C(=O)O)cc3[C@@H]3c4ccccc4C[C@H]32)cc1. The molecule has 0 aromatic heterocycles. The summed E-state index contributed by atoms with van der Waals surface area (Å²) in [6, 6.07) is 21.3. The predicted octanol–water partition coefficient (Wildman–Crippen LogP) is 4.64. The Labute approximate surface area is 174 Å². The summed E-state index contributed by atoms with van der Waals surface area (Å²) in [6.45, 7) is 0. The molecule has 0 spiro atoms. The fraction of sp³-hybridized carbons (Fsp3) is 0.200. The number of hydrogen-bond acceptors (Lipinski definition) is 4. The van der Waals surface area contributed by atoms with Crippen LogP contribution in [0.15, 0.2) is 66.7 Å². The van der Waals surface area contributed by atoms with Gasteiger partial charge >= 0.3 is 11.9 Å². The van der Waals surface area contributed by atoms with Gasteiger partial charge in [0, 0.05) is 11.6 Å². The number of anilines is 1. The van der Waals surface area contributed by atoms with Gasteiger partial charge in [0.2, 0.25) is 0 Å². The summed E-state index contributed by atoms with van der Waals surface area (Å²) >= 11 is 0. The van der Waals surface area contributed by atoms with E-state index in [1.165, 1.54) is 18.2 Å². The highest BCUT2D eigenvalue weighted by molar-refractivity contribution is 5.90. The molecular weight excluding hydrogens is 378 g/mol.